The Bertz CT molecular complexity index is 1140. The molecule has 0 unspecified atom stereocenters. The van der Waals surface area contributed by atoms with Crippen LogP contribution in [-0.4, -0.2) is 33.4 Å². The van der Waals surface area contributed by atoms with Gasteiger partial charge in [-0.15, -0.1) is 0 Å². The van der Waals surface area contributed by atoms with E-state index < -0.39 is 23.9 Å². The predicted molar refractivity (Wildman–Crippen MR) is 105 cm³/mol. The summed E-state index contributed by atoms with van der Waals surface area (Å²) in [5, 5.41) is 2.95. The predicted octanol–water partition coefficient (Wildman–Crippen LogP) is 1.07. The zero-order chi connectivity index (χ0) is 21.0. The van der Waals surface area contributed by atoms with Gasteiger partial charge < -0.3 is 15.8 Å². The van der Waals surface area contributed by atoms with Gasteiger partial charge in [-0.25, -0.2) is 4.98 Å². The Balaban J connectivity index is 1.61. The lowest BCUT2D eigenvalue weighted by molar-refractivity contribution is -0.153. The van der Waals surface area contributed by atoms with Gasteiger partial charge in [0.15, 0.2) is 6.10 Å². The van der Waals surface area contributed by atoms with Crippen molar-refractivity contribution in [2.24, 2.45) is 5.73 Å². The highest BCUT2D eigenvalue weighted by Crippen LogP contribution is 2.10. The smallest absolute Gasteiger partial charge is 0.326 e. The van der Waals surface area contributed by atoms with E-state index in [4.69, 9.17) is 10.5 Å². The van der Waals surface area contributed by atoms with Gasteiger partial charge in [0.05, 0.1) is 17.2 Å². The first-order valence-electron chi connectivity index (χ1n) is 8.69. The Morgan fingerprint density at radius 3 is 2.52 bits per heavy atom. The lowest BCUT2D eigenvalue weighted by Gasteiger charge is -2.14. The van der Waals surface area contributed by atoms with Crippen molar-refractivity contribution in [2.75, 3.05) is 5.32 Å². The number of carbonyl (C=O) groups excluding carboxylic acids is 3. The van der Waals surface area contributed by atoms with Gasteiger partial charge in [0.1, 0.15) is 6.54 Å². The minimum atomic E-state index is -1.09. The van der Waals surface area contributed by atoms with Crippen molar-refractivity contribution in [3.05, 3.63) is 70.8 Å². The molecule has 0 bridgehead atoms. The first-order valence-corrected chi connectivity index (χ1v) is 8.69. The Morgan fingerprint density at radius 1 is 1.14 bits per heavy atom. The van der Waals surface area contributed by atoms with Crippen LogP contribution in [0.5, 0.6) is 0 Å². The number of carbonyl (C=O) groups is 3. The molecule has 9 nitrogen and oxygen atoms in total. The number of hydrogen-bond acceptors (Lipinski definition) is 6. The molecule has 0 aliphatic rings. The molecule has 2 aromatic carbocycles. The van der Waals surface area contributed by atoms with Crippen LogP contribution in [0.3, 0.4) is 0 Å². The Labute approximate surface area is 165 Å². The van der Waals surface area contributed by atoms with E-state index in [0.717, 1.165) is 4.57 Å². The summed E-state index contributed by atoms with van der Waals surface area (Å²) in [5.74, 6) is -1.89. The van der Waals surface area contributed by atoms with E-state index in [1.165, 1.54) is 37.5 Å². The molecule has 0 aliphatic heterocycles. The molecular weight excluding hydrogens is 376 g/mol. The van der Waals surface area contributed by atoms with Crippen LogP contribution in [0.25, 0.3) is 10.9 Å². The lowest BCUT2D eigenvalue weighted by atomic mass is 10.2. The van der Waals surface area contributed by atoms with E-state index in [2.05, 4.69) is 10.3 Å². The third-order valence-corrected chi connectivity index (χ3v) is 4.15. The normalized spacial score (nSPS) is 11.6. The van der Waals surface area contributed by atoms with Crippen molar-refractivity contribution < 1.29 is 19.1 Å². The van der Waals surface area contributed by atoms with Gasteiger partial charge in [0, 0.05) is 11.3 Å². The summed E-state index contributed by atoms with van der Waals surface area (Å²) in [4.78, 5) is 51.9. The molecule has 1 aromatic heterocycles. The fourth-order valence-electron chi connectivity index (χ4n) is 2.61. The van der Waals surface area contributed by atoms with Crippen LogP contribution >= 0.6 is 0 Å². The van der Waals surface area contributed by atoms with Crippen LogP contribution in [-0.2, 0) is 20.9 Å². The number of ether oxygens (including phenoxy) is 1. The zero-order valence-electron chi connectivity index (χ0n) is 15.5. The number of anilines is 1. The molecular formula is C20H18N4O5. The first-order chi connectivity index (χ1) is 13.8. The largest absolute Gasteiger partial charge is 0.451 e. The number of nitrogens with two attached hydrogens (primary N) is 1. The van der Waals surface area contributed by atoms with E-state index in [0.29, 0.717) is 22.2 Å². The van der Waals surface area contributed by atoms with E-state index in [1.807, 2.05) is 0 Å². The molecule has 29 heavy (non-hydrogen) atoms. The van der Waals surface area contributed by atoms with E-state index in [1.54, 1.807) is 24.3 Å². The van der Waals surface area contributed by atoms with Gasteiger partial charge in [0.2, 0.25) is 5.91 Å². The maximum atomic E-state index is 12.4. The Kier molecular flexibility index (Phi) is 5.68. The standard InChI is InChI=1S/C20H18N4O5/c1-12(19(27)23-14-8-6-13(7-9-14)18(21)26)29-17(25)10-24-11-22-16-5-3-2-4-15(16)20(24)28/h2-9,11-12H,10H2,1H3,(H2,21,26)(H,23,27)/t12-/m1/s1. The van der Waals surface area contributed by atoms with Crippen molar-refractivity contribution in [3.8, 4) is 0 Å². The summed E-state index contributed by atoms with van der Waals surface area (Å²) >= 11 is 0. The molecule has 0 spiro atoms. The van der Waals surface area contributed by atoms with Crippen LogP contribution in [0.15, 0.2) is 59.7 Å². The average Bonchev–Trinajstić information content (AvgIpc) is 2.70. The van der Waals surface area contributed by atoms with Gasteiger partial charge in [-0.2, -0.15) is 0 Å². The second-order valence-corrected chi connectivity index (χ2v) is 6.26. The number of fused-ring (bicyclic) bond motifs is 1. The van der Waals surface area contributed by atoms with Gasteiger partial charge in [-0.05, 0) is 43.3 Å². The number of aromatic nitrogens is 2. The molecule has 3 N–H and O–H groups in total. The van der Waals surface area contributed by atoms with Crippen molar-refractivity contribution >= 4 is 34.4 Å². The third-order valence-electron chi connectivity index (χ3n) is 4.15. The average molecular weight is 394 g/mol. The maximum absolute atomic E-state index is 12.4. The minimum absolute atomic E-state index is 0.303. The minimum Gasteiger partial charge on any atom is -0.451 e. The molecule has 9 heteroatoms. The fraction of sp³-hybridized carbons (Fsp3) is 0.150. The Hall–Kier alpha value is -4.01. The summed E-state index contributed by atoms with van der Waals surface area (Å²) in [6, 6.07) is 12.7. The summed E-state index contributed by atoms with van der Waals surface area (Å²) in [5.41, 5.74) is 6.03. The number of para-hydroxylation sites is 1. The first kappa shape index (κ1) is 19.7. The highest BCUT2D eigenvalue weighted by atomic mass is 16.5. The van der Waals surface area contributed by atoms with Gasteiger partial charge >= 0.3 is 5.97 Å². The molecule has 0 aliphatic carbocycles. The molecule has 3 aromatic rings. The highest BCUT2D eigenvalue weighted by Gasteiger charge is 2.19. The van der Waals surface area contributed by atoms with Gasteiger partial charge in [0.25, 0.3) is 11.5 Å². The molecule has 3 rings (SSSR count). The highest BCUT2D eigenvalue weighted by molar-refractivity contribution is 5.96. The molecule has 0 radical (unpaired) electrons. The number of esters is 1. The number of benzene rings is 2. The molecule has 1 atom stereocenters. The van der Waals surface area contributed by atoms with Crippen LogP contribution in [0.1, 0.15) is 17.3 Å². The molecule has 2 amide bonds. The second-order valence-electron chi connectivity index (χ2n) is 6.26. The maximum Gasteiger partial charge on any atom is 0.326 e. The van der Waals surface area contributed by atoms with Crippen molar-refractivity contribution in [1.29, 1.82) is 0 Å². The van der Waals surface area contributed by atoms with Crippen LogP contribution in [0.4, 0.5) is 5.69 Å². The number of nitrogens with zero attached hydrogens (tertiary/aromatic N) is 2. The summed E-state index contributed by atoms with van der Waals surface area (Å²) < 4.78 is 6.23. The monoisotopic (exact) mass is 394 g/mol. The van der Waals surface area contributed by atoms with E-state index >= 15 is 0 Å². The summed E-state index contributed by atoms with van der Waals surface area (Å²) in [6.07, 6.45) is 0.166. The topological polar surface area (TPSA) is 133 Å². The number of nitrogens with one attached hydrogen (secondary N) is 1. The van der Waals surface area contributed by atoms with Crippen molar-refractivity contribution in [1.82, 2.24) is 9.55 Å². The molecule has 148 valence electrons. The van der Waals surface area contributed by atoms with Crippen LogP contribution in [0, 0.1) is 0 Å². The Morgan fingerprint density at radius 2 is 1.83 bits per heavy atom. The zero-order valence-corrected chi connectivity index (χ0v) is 15.5. The van der Waals surface area contributed by atoms with Crippen molar-refractivity contribution in [3.63, 3.8) is 0 Å². The van der Waals surface area contributed by atoms with Crippen LogP contribution < -0.4 is 16.6 Å². The fourth-order valence-corrected chi connectivity index (χ4v) is 2.61. The molecule has 0 saturated carbocycles. The van der Waals surface area contributed by atoms with Gasteiger partial charge in [-0.1, -0.05) is 12.1 Å². The quantitative estimate of drug-likeness (QED) is 0.601. The van der Waals surface area contributed by atoms with Crippen LogP contribution in [0.2, 0.25) is 0 Å². The van der Waals surface area contributed by atoms with E-state index in [-0.39, 0.29) is 12.1 Å². The number of rotatable bonds is 6. The molecule has 0 saturated heterocycles. The SMILES string of the molecule is C[C@@H](OC(=O)Cn1cnc2ccccc2c1=O)C(=O)Nc1ccc(C(N)=O)cc1. The van der Waals surface area contributed by atoms with Gasteiger partial charge in [-0.3, -0.25) is 23.7 Å². The number of amides is 2. The molecule has 0 fully saturated rings. The number of hydrogen-bond donors (Lipinski definition) is 2. The summed E-state index contributed by atoms with van der Waals surface area (Å²) in [6.45, 7) is 1.04. The van der Waals surface area contributed by atoms with Crippen molar-refractivity contribution in [2.45, 2.75) is 19.6 Å². The van der Waals surface area contributed by atoms with E-state index in [9.17, 15) is 19.2 Å². The summed E-state index contributed by atoms with van der Waals surface area (Å²) in [7, 11) is 0. The lowest BCUT2D eigenvalue weighted by Crippen LogP contribution is -2.33. The number of primary amides is 1. The third kappa shape index (κ3) is 4.64. The molecule has 1 heterocycles. The second kappa shape index (κ2) is 8.34.